The lowest BCUT2D eigenvalue weighted by atomic mass is 10.1. The van der Waals surface area contributed by atoms with E-state index in [9.17, 15) is 10.4 Å². The van der Waals surface area contributed by atoms with Gasteiger partial charge in [-0.3, -0.25) is 0 Å². The number of aromatic nitrogens is 1. The summed E-state index contributed by atoms with van der Waals surface area (Å²) in [6.07, 6.45) is 1.95. The molecular formula is C15H17N3OS. The number of benzene rings is 1. The molecule has 20 heavy (non-hydrogen) atoms. The van der Waals surface area contributed by atoms with Crippen LogP contribution in [0.25, 0.3) is 10.9 Å². The lowest BCUT2D eigenvalue weighted by Gasteiger charge is -2.23. The van der Waals surface area contributed by atoms with Crippen molar-refractivity contribution in [3.8, 4) is 6.07 Å². The molecule has 4 nitrogen and oxygen atoms in total. The molecule has 1 atom stereocenters. The zero-order chi connectivity index (χ0) is 14.6. The van der Waals surface area contributed by atoms with Crippen LogP contribution in [-0.2, 0) is 0 Å². The van der Waals surface area contributed by atoms with Gasteiger partial charge >= 0.3 is 0 Å². The SMILES string of the molecule is CSC[C@@](C)(O)CNc1cc(C#N)c2ccccc2n1. The van der Waals surface area contributed by atoms with Gasteiger partial charge in [-0.25, -0.2) is 4.98 Å². The summed E-state index contributed by atoms with van der Waals surface area (Å²) in [4.78, 5) is 4.47. The third-order valence-electron chi connectivity index (χ3n) is 2.94. The number of hydrogen-bond acceptors (Lipinski definition) is 5. The van der Waals surface area contributed by atoms with E-state index < -0.39 is 5.60 Å². The molecule has 104 valence electrons. The van der Waals surface area contributed by atoms with Gasteiger partial charge in [-0.1, -0.05) is 18.2 Å². The fourth-order valence-electron chi connectivity index (χ4n) is 2.00. The lowest BCUT2D eigenvalue weighted by molar-refractivity contribution is 0.0996. The minimum Gasteiger partial charge on any atom is -0.387 e. The summed E-state index contributed by atoms with van der Waals surface area (Å²) in [7, 11) is 0. The summed E-state index contributed by atoms with van der Waals surface area (Å²) in [5, 5.41) is 23.3. The molecular weight excluding hydrogens is 270 g/mol. The van der Waals surface area contributed by atoms with Gasteiger partial charge in [-0.2, -0.15) is 17.0 Å². The molecule has 0 saturated carbocycles. The second-order valence-corrected chi connectivity index (χ2v) is 5.83. The first-order valence-corrected chi connectivity index (χ1v) is 7.70. The minimum atomic E-state index is -0.806. The van der Waals surface area contributed by atoms with Crippen LogP contribution in [0, 0.1) is 11.3 Å². The summed E-state index contributed by atoms with van der Waals surface area (Å²) in [6.45, 7) is 2.17. The average Bonchev–Trinajstić information content (AvgIpc) is 2.44. The molecule has 0 spiro atoms. The number of para-hydroxylation sites is 1. The smallest absolute Gasteiger partial charge is 0.128 e. The maximum atomic E-state index is 10.1. The van der Waals surface area contributed by atoms with Crippen molar-refractivity contribution in [2.75, 3.05) is 23.9 Å². The second-order valence-electron chi connectivity index (χ2n) is 4.97. The van der Waals surface area contributed by atoms with Gasteiger partial charge in [0, 0.05) is 17.7 Å². The average molecular weight is 287 g/mol. The molecule has 2 N–H and O–H groups in total. The highest BCUT2D eigenvalue weighted by atomic mass is 32.2. The topological polar surface area (TPSA) is 68.9 Å². The number of rotatable bonds is 5. The minimum absolute atomic E-state index is 0.393. The van der Waals surface area contributed by atoms with Gasteiger partial charge in [0.05, 0.1) is 22.8 Å². The van der Waals surface area contributed by atoms with Crippen molar-refractivity contribution in [3.63, 3.8) is 0 Å². The molecule has 0 fully saturated rings. The number of anilines is 1. The van der Waals surface area contributed by atoms with Crippen molar-refractivity contribution in [2.24, 2.45) is 0 Å². The molecule has 1 heterocycles. The quantitative estimate of drug-likeness (QED) is 0.884. The Kier molecular flexibility index (Phi) is 4.48. The molecule has 0 aliphatic rings. The molecule has 0 bridgehead atoms. The van der Waals surface area contributed by atoms with Gasteiger partial charge in [-0.05, 0) is 25.3 Å². The van der Waals surface area contributed by atoms with Gasteiger partial charge in [0.1, 0.15) is 5.82 Å². The number of nitrogens with one attached hydrogen (secondary N) is 1. The number of nitriles is 1. The van der Waals surface area contributed by atoms with Crippen molar-refractivity contribution in [2.45, 2.75) is 12.5 Å². The Morgan fingerprint density at radius 1 is 1.45 bits per heavy atom. The van der Waals surface area contributed by atoms with Crippen molar-refractivity contribution >= 4 is 28.5 Å². The van der Waals surface area contributed by atoms with Gasteiger partial charge < -0.3 is 10.4 Å². The van der Waals surface area contributed by atoms with E-state index in [1.807, 2.05) is 30.5 Å². The number of nitrogens with zero attached hydrogens (tertiary/aromatic N) is 2. The highest BCUT2D eigenvalue weighted by Gasteiger charge is 2.19. The maximum absolute atomic E-state index is 10.1. The predicted octanol–water partition coefficient (Wildman–Crippen LogP) is 2.63. The van der Waals surface area contributed by atoms with Crippen LogP contribution in [0.1, 0.15) is 12.5 Å². The third kappa shape index (κ3) is 3.41. The molecule has 2 rings (SSSR count). The normalized spacial score (nSPS) is 13.7. The van der Waals surface area contributed by atoms with Gasteiger partial charge in [0.25, 0.3) is 0 Å². The van der Waals surface area contributed by atoms with Crippen LogP contribution in [0.4, 0.5) is 5.82 Å². The van der Waals surface area contributed by atoms with Crippen molar-refractivity contribution in [1.29, 1.82) is 5.26 Å². The Morgan fingerprint density at radius 3 is 2.90 bits per heavy atom. The lowest BCUT2D eigenvalue weighted by Crippen LogP contribution is -2.36. The first-order valence-electron chi connectivity index (χ1n) is 6.31. The molecule has 2 aromatic rings. The van der Waals surface area contributed by atoms with Crippen LogP contribution >= 0.6 is 11.8 Å². The number of hydrogen-bond donors (Lipinski definition) is 2. The molecule has 5 heteroatoms. The molecule has 0 aliphatic carbocycles. The van der Waals surface area contributed by atoms with E-state index in [0.29, 0.717) is 23.7 Å². The number of thioether (sulfide) groups is 1. The standard InChI is InChI=1S/C15H17N3OS/c1-15(19,10-20-2)9-17-14-7-11(8-16)12-5-3-4-6-13(12)18-14/h3-7,19H,9-10H2,1-2H3,(H,17,18)/t15-/m0/s1. The van der Waals surface area contributed by atoms with E-state index in [1.165, 1.54) is 0 Å². The number of aliphatic hydroxyl groups is 1. The molecule has 1 aromatic carbocycles. The Hall–Kier alpha value is -1.77. The molecule has 0 aliphatic heterocycles. The van der Waals surface area contributed by atoms with E-state index in [-0.39, 0.29) is 0 Å². The molecule has 0 saturated heterocycles. The summed E-state index contributed by atoms with van der Waals surface area (Å²) >= 11 is 1.59. The fourth-order valence-corrected chi connectivity index (χ4v) is 2.73. The molecule has 0 amide bonds. The number of fused-ring (bicyclic) bond motifs is 1. The van der Waals surface area contributed by atoms with Crippen molar-refractivity contribution in [1.82, 2.24) is 4.98 Å². The Bertz CT molecular complexity index is 649. The molecule has 1 aromatic heterocycles. The van der Waals surface area contributed by atoms with Crippen LogP contribution in [-0.4, -0.2) is 34.2 Å². The number of pyridine rings is 1. The zero-order valence-corrected chi connectivity index (χ0v) is 12.4. The summed E-state index contributed by atoms with van der Waals surface area (Å²) < 4.78 is 0. The highest BCUT2D eigenvalue weighted by Crippen LogP contribution is 2.20. The first kappa shape index (κ1) is 14.6. The highest BCUT2D eigenvalue weighted by molar-refractivity contribution is 7.98. The largest absolute Gasteiger partial charge is 0.387 e. The van der Waals surface area contributed by atoms with Crippen LogP contribution in [0.15, 0.2) is 30.3 Å². The Labute approximate surface area is 122 Å². The summed E-state index contributed by atoms with van der Waals surface area (Å²) in [5.74, 6) is 1.25. The monoisotopic (exact) mass is 287 g/mol. The van der Waals surface area contributed by atoms with Crippen LogP contribution < -0.4 is 5.32 Å². The van der Waals surface area contributed by atoms with Crippen LogP contribution in [0.3, 0.4) is 0 Å². The first-order chi connectivity index (χ1) is 9.55. The van der Waals surface area contributed by atoms with Gasteiger partial charge in [-0.15, -0.1) is 0 Å². The van der Waals surface area contributed by atoms with Crippen molar-refractivity contribution in [3.05, 3.63) is 35.9 Å². The zero-order valence-electron chi connectivity index (χ0n) is 11.6. The van der Waals surface area contributed by atoms with E-state index in [2.05, 4.69) is 16.4 Å². The third-order valence-corrected chi connectivity index (χ3v) is 3.85. The Balaban J connectivity index is 2.25. The van der Waals surface area contributed by atoms with Crippen LogP contribution in [0.5, 0.6) is 0 Å². The van der Waals surface area contributed by atoms with E-state index in [1.54, 1.807) is 24.8 Å². The van der Waals surface area contributed by atoms with Gasteiger partial charge in [0.2, 0.25) is 0 Å². The van der Waals surface area contributed by atoms with Crippen LogP contribution in [0.2, 0.25) is 0 Å². The fraction of sp³-hybridized carbons (Fsp3) is 0.333. The predicted molar refractivity (Wildman–Crippen MR) is 84.0 cm³/mol. The van der Waals surface area contributed by atoms with E-state index >= 15 is 0 Å². The maximum Gasteiger partial charge on any atom is 0.128 e. The van der Waals surface area contributed by atoms with E-state index in [4.69, 9.17) is 0 Å². The summed E-state index contributed by atoms with van der Waals surface area (Å²) in [5.41, 5.74) is 0.556. The second kappa shape index (κ2) is 6.12. The van der Waals surface area contributed by atoms with E-state index in [0.717, 1.165) is 10.9 Å². The Morgan fingerprint density at radius 2 is 2.20 bits per heavy atom. The molecule has 0 unspecified atom stereocenters. The van der Waals surface area contributed by atoms with Gasteiger partial charge in [0.15, 0.2) is 0 Å². The van der Waals surface area contributed by atoms with Crippen molar-refractivity contribution < 1.29 is 5.11 Å². The summed E-state index contributed by atoms with van der Waals surface area (Å²) in [6, 6.07) is 11.4. The molecule has 0 radical (unpaired) electrons.